The summed E-state index contributed by atoms with van der Waals surface area (Å²) in [5, 5.41) is 22.0. The molecule has 0 spiro atoms. The van der Waals surface area contributed by atoms with Crippen LogP contribution >= 0.6 is 11.8 Å². The first kappa shape index (κ1) is 30.4. The van der Waals surface area contributed by atoms with Gasteiger partial charge in [-0.2, -0.15) is 0 Å². The van der Waals surface area contributed by atoms with E-state index in [4.69, 9.17) is 14.6 Å². The molecule has 3 N–H and O–H groups in total. The van der Waals surface area contributed by atoms with Crippen molar-refractivity contribution in [2.45, 2.75) is 55.9 Å². The van der Waals surface area contributed by atoms with Gasteiger partial charge in [0, 0.05) is 36.9 Å². The van der Waals surface area contributed by atoms with E-state index in [9.17, 15) is 14.7 Å². The average Bonchev–Trinajstić information content (AvgIpc) is 3.06. The smallest absolute Gasteiger partial charge is 0.303 e. The highest BCUT2D eigenvalue weighted by Crippen LogP contribution is 2.39. The van der Waals surface area contributed by atoms with Crippen molar-refractivity contribution in [1.82, 2.24) is 10.3 Å². The number of amides is 1. The Morgan fingerprint density at radius 3 is 2.37 bits per heavy atom. The van der Waals surface area contributed by atoms with Crippen LogP contribution in [0.4, 0.5) is 0 Å². The summed E-state index contributed by atoms with van der Waals surface area (Å²) in [5.74, 6) is -0.542. The number of aromatic nitrogens is 1. The van der Waals surface area contributed by atoms with E-state index >= 15 is 0 Å². The molecule has 1 aliphatic rings. The van der Waals surface area contributed by atoms with Gasteiger partial charge in [0.2, 0.25) is 5.91 Å². The van der Waals surface area contributed by atoms with Crippen LogP contribution in [0.15, 0.2) is 102 Å². The van der Waals surface area contributed by atoms with E-state index in [0.29, 0.717) is 13.0 Å². The standard InChI is InChI=1S/C34H34N2O6S/c37-21-23-7-9-26(10-8-23)30-19-29(22-43-32-6-1-2-17-35-32)41-34(42-30)27-13-11-25(12-14-27)28-5-3-4-24(18-28)20-36-31(38)15-16-33(39)40/h1-14,17-18,29-30,34,37H,15-16,19-22H2,(H,36,38)(H,39,40)/t29-,30+,34+/m0/s1. The first-order chi connectivity index (χ1) is 21.0. The van der Waals surface area contributed by atoms with Crippen molar-refractivity contribution in [3.63, 3.8) is 0 Å². The largest absolute Gasteiger partial charge is 0.481 e. The zero-order valence-electron chi connectivity index (χ0n) is 23.6. The van der Waals surface area contributed by atoms with Crippen molar-refractivity contribution >= 4 is 23.6 Å². The predicted octanol–water partition coefficient (Wildman–Crippen LogP) is 6.06. The number of hydrogen-bond donors (Lipinski definition) is 3. The van der Waals surface area contributed by atoms with Crippen LogP contribution in [0.1, 0.15) is 53.9 Å². The van der Waals surface area contributed by atoms with Crippen LogP contribution in [-0.4, -0.2) is 38.9 Å². The number of rotatable bonds is 12. The molecule has 1 aliphatic heterocycles. The highest BCUT2D eigenvalue weighted by atomic mass is 32.2. The molecule has 0 saturated carbocycles. The van der Waals surface area contributed by atoms with Gasteiger partial charge < -0.3 is 25.0 Å². The third kappa shape index (κ3) is 8.75. The molecule has 1 aromatic heterocycles. The number of nitrogens with one attached hydrogen (secondary N) is 1. The molecule has 43 heavy (non-hydrogen) atoms. The van der Waals surface area contributed by atoms with Gasteiger partial charge in [0.15, 0.2) is 6.29 Å². The molecule has 0 radical (unpaired) electrons. The molecule has 1 amide bonds. The maximum atomic E-state index is 11.9. The molecule has 3 aromatic carbocycles. The summed E-state index contributed by atoms with van der Waals surface area (Å²) in [6.07, 6.45) is 1.49. The number of aliphatic hydroxyl groups excluding tert-OH is 1. The van der Waals surface area contributed by atoms with Crippen molar-refractivity contribution < 1.29 is 29.3 Å². The molecular formula is C34H34N2O6S. The molecule has 0 bridgehead atoms. The molecule has 9 heteroatoms. The summed E-state index contributed by atoms with van der Waals surface area (Å²) < 4.78 is 12.9. The highest BCUT2D eigenvalue weighted by molar-refractivity contribution is 7.99. The van der Waals surface area contributed by atoms with E-state index in [-0.39, 0.29) is 37.6 Å². The van der Waals surface area contributed by atoms with E-state index in [1.807, 2.05) is 91.0 Å². The zero-order valence-corrected chi connectivity index (χ0v) is 24.4. The Kier molecular flexibility index (Phi) is 10.6. The number of hydrogen-bond acceptors (Lipinski definition) is 7. The first-order valence-electron chi connectivity index (χ1n) is 14.2. The second kappa shape index (κ2) is 14.9. The molecule has 2 heterocycles. The number of carboxylic acids is 1. The SMILES string of the molecule is O=C(O)CCC(=O)NCc1cccc(-c2ccc([C@@H]3O[C@H](CSc4ccccn4)C[C@H](c4ccc(CO)cc4)O3)cc2)c1. The molecule has 8 nitrogen and oxygen atoms in total. The number of ether oxygens (including phenoxy) is 2. The second-order valence-electron chi connectivity index (χ2n) is 10.3. The van der Waals surface area contributed by atoms with Crippen LogP contribution < -0.4 is 5.32 Å². The monoisotopic (exact) mass is 598 g/mol. The normalized spacial score (nSPS) is 18.2. The average molecular weight is 599 g/mol. The summed E-state index contributed by atoms with van der Waals surface area (Å²) >= 11 is 1.66. The Labute approximate surface area is 255 Å². The molecule has 0 unspecified atom stereocenters. The fourth-order valence-corrected chi connectivity index (χ4v) is 5.72. The fraction of sp³-hybridized carbons (Fsp3) is 0.265. The number of aliphatic carboxylic acids is 1. The summed E-state index contributed by atoms with van der Waals surface area (Å²) in [7, 11) is 0. The van der Waals surface area contributed by atoms with Gasteiger partial charge >= 0.3 is 5.97 Å². The van der Waals surface area contributed by atoms with E-state index in [1.165, 1.54) is 0 Å². The Hall–Kier alpha value is -4.02. The van der Waals surface area contributed by atoms with Crippen molar-refractivity contribution in [3.05, 3.63) is 119 Å². The number of carboxylic acid groups (broad SMARTS) is 1. The quantitative estimate of drug-likeness (QED) is 0.169. The minimum Gasteiger partial charge on any atom is -0.481 e. The Balaban J connectivity index is 1.28. The molecule has 1 saturated heterocycles. The number of carbonyl (C=O) groups excluding carboxylic acids is 1. The van der Waals surface area contributed by atoms with Gasteiger partial charge in [-0.05, 0) is 46.0 Å². The third-order valence-electron chi connectivity index (χ3n) is 7.17. The topological polar surface area (TPSA) is 118 Å². The number of nitrogens with zero attached hydrogens (tertiary/aromatic N) is 1. The van der Waals surface area contributed by atoms with Gasteiger partial charge in [-0.3, -0.25) is 9.59 Å². The Morgan fingerprint density at radius 1 is 0.860 bits per heavy atom. The molecule has 3 atom stereocenters. The summed E-state index contributed by atoms with van der Waals surface area (Å²) in [4.78, 5) is 27.1. The van der Waals surface area contributed by atoms with Gasteiger partial charge in [-0.1, -0.05) is 72.8 Å². The van der Waals surface area contributed by atoms with Gasteiger partial charge in [0.1, 0.15) is 0 Å². The molecule has 0 aliphatic carbocycles. The van der Waals surface area contributed by atoms with Gasteiger partial charge in [-0.15, -0.1) is 11.8 Å². The minimum absolute atomic E-state index is 0.00241. The van der Waals surface area contributed by atoms with E-state index in [2.05, 4.69) is 10.3 Å². The lowest BCUT2D eigenvalue weighted by Crippen LogP contribution is -2.31. The molecule has 5 rings (SSSR count). The predicted molar refractivity (Wildman–Crippen MR) is 164 cm³/mol. The van der Waals surface area contributed by atoms with Gasteiger partial charge in [0.05, 0.1) is 30.3 Å². The van der Waals surface area contributed by atoms with Crippen LogP contribution in [0.5, 0.6) is 0 Å². The van der Waals surface area contributed by atoms with Gasteiger partial charge in [0.25, 0.3) is 0 Å². The third-order valence-corrected chi connectivity index (χ3v) is 8.24. The van der Waals surface area contributed by atoms with Gasteiger partial charge in [-0.25, -0.2) is 4.98 Å². The first-order valence-corrected chi connectivity index (χ1v) is 15.2. The summed E-state index contributed by atoms with van der Waals surface area (Å²) in [6.45, 7) is 0.324. The molecule has 222 valence electrons. The van der Waals surface area contributed by atoms with Crippen molar-refractivity contribution in [2.75, 3.05) is 5.75 Å². The number of thioether (sulfide) groups is 1. The number of benzene rings is 3. The van der Waals surface area contributed by atoms with Crippen LogP contribution in [0, 0.1) is 0 Å². The minimum atomic E-state index is -0.990. The fourth-order valence-electron chi connectivity index (χ4n) is 4.84. The lowest BCUT2D eigenvalue weighted by Gasteiger charge is -2.36. The van der Waals surface area contributed by atoms with E-state index in [0.717, 1.165) is 44.2 Å². The van der Waals surface area contributed by atoms with Crippen LogP contribution in [0.25, 0.3) is 11.1 Å². The molecule has 4 aromatic rings. The van der Waals surface area contributed by atoms with Crippen molar-refractivity contribution in [3.8, 4) is 11.1 Å². The maximum Gasteiger partial charge on any atom is 0.303 e. The summed E-state index contributed by atoms with van der Waals surface area (Å²) in [6, 6.07) is 29.7. The number of pyridine rings is 1. The number of carbonyl (C=O) groups is 2. The number of aliphatic hydroxyl groups is 1. The van der Waals surface area contributed by atoms with Crippen LogP contribution in [0.3, 0.4) is 0 Å². The van der Waals surface area contributed by atoms with Crippen LogP contribution in [-0.2, 0) is 32.2 Å². The Morgan fingerprint density at radius 2 is 1.65 bits per heavy atom. The van der Waals surface area contributed by atoms with Crippen molar-refractivity contribution in [2.24, 2.45) is 0 Å². The second-order valence-corrected chi connectivity index (χ2v) is 11.4. The van der Waals surface area contributed by atoms with E-state index < -0.39 is 12.3 Å². The van der Waals surface area contributed by atoms with E-state index in [1.54, 1.807) is 18.0 Å². The lowest BCUT2D eigenvalue weighted by atomic mass is 9.99. The maximum absolute atomic E-state index is 11.9. The highest BCUT2D eigenvalue weighted by Gasteiger charge is 2.32. The summed E-state index contributed by atoms with van der Waals surface area (Å²) in [5.41, 5.74) is 5.75. The van der Waals surface area contributed by atoms with Crippen LogP contribution in [0.2, 0.25) is 0 Å². The molecular weight excluding hydrogens is 564 g/mol. The molecule has 1 fully saturated rings. The lowest BCUT2D eigenvalue weighted by molar-refractivity contribution is -0.245. The zero-order chi connectivity index (χ0) is 30.0. The van der Waals surface area contributed by atoms with Crippen molar-refractivity contribution in [1.29, 1.82) is 0 Å². The Bertz CT molecular complexity index is 1500.